The molecule has 0 aromatic heterocycles. The Morgan fingerprint density at radius 3 is 2.61 bits per heavy atom. The van der Waals surface area contributed by atoms with Crippen LogP contribution in [0.5, 0.6) is 11.5 Å². The number of rotatable bonds is 4. The highest BCUT2D eigenvalue weighted by atomic mass is 35.5. The molecule has 126 valence electrons. The second-order valence-electron chi connectivity index (χ2n) is 6.17. The molecule has 0 spiro atoms. The maximum atomic E-state index is 11.8. The van der Waals surface area contributed by atoms with E-state index in [4.69, 9.17) is 25.8 Å². The van der Waals surface area contributed by atoms with Crippen molar-refractivity contribution in [3.8, 4) is 11.5 Å². The van der Waals surface area contributed by atoms with Crippen LogP contribution < -0.4 is 14.8 Å². The van der Waals surface area contributed by atoms with Crippen molar-refractivity contribution in [1.29, 1.82) is 0 Å². The Bertz CT molecular complexity index is 623. The van der Waals surface area contributed by atoms with Gasteiger partial charge >= 0.3 is 6.09 Å². The molecule has 2 aliphatic carbocycles. The summed E-state index contributed by atoms with van der Waals surface area (Å²) in [6.45, 7) is 0. The van der Waals surface area contributed by atoms with E-state index in [9.17, 15) is 4.79 Å². The minimum Gasteiger partial charge on any atom is -0.493 e. The molecule has 23 heavy (non-hydrogen) atoms. The number of halogens is 1. The molecule has 0 radical (unpaired) electrons. The number of alkyl halides is 1. The first-order chi connectivity index (χ1) is 11.0. The predicted molar refractivity (Wildman–Crippen MR) is 87.3 cm³/mol. The number of amides is 1. The molecule has 1 aromatic carbocycles. The molecule has 5 nitrogen and oxygen atoms in total. The monoisotopic (exact) mass is 339 g/mol. The van der Waals surface area contributed by atoms with E-state index >= 15 is 0 Å². The lowest BCUT2D eigenvalue weighted by atomic mass is 9.95. The fourth-order valence-corrected chi connectivity index (χ4v) is 4.76. The second kappa shape index (κ2) is 5.78. The molecule has 0 aliphatic heterocycles. The minimum atomic E-state index is -0.628. The molecule has 0 heterocycles. The first kappa shape index (κ1) is 16.2. The summed E-state index contributed by atoms with van der Waals surface area (Å²) < 4.78 is 15.5. The highest BCUT2D eigenvalue weighted by Gasteiger charge is 2.77. The smallest absolute Gasteiger partial charge is 0.407 e. The number of methoxy groups -OCH3 is 3. The molecular weight excluding hydrogens is 318 g/mol. The molecule has 3 unspecified atom stereocenters. The number of benzene rings is 1. The van der Waals surface area contributed by atoms with E-state index in [1.165, 1.54) is 7.11 Å². The maximum Gasteiger partial charge on any atom is 0.407 e. The van der Waals surface area contributed by atoms with E-state index in [1.54, 1.807) is 14.2 Å². The average molecular weight is 340 g/mol. The summed E-state index contributed by atoms with van der Waals surface area (Å²) in [5.41, 5.74) is 0.500. The molecule has 0 saturated heterocycles. The highest BCUT2D eigenvalue weighted by Crippen LogP contribution is 2.71. The van der Waals surface area contributed by atoms with Crippen LogP contribution in [-0.4, -0.2) is 33.0 Å². The van der Waals surface area contributed by atoms with Gasteiger partial charge in [0.2, 0.25) is 0 Å². The van der Waals surface area contributed by atoms with E-state index < -0.39 is 16.5 Å². The molecule has 0 bridgehead atoms. The summed E-state index contributed by atoms with van der Waals surface area (Å²) in [7, 11) is 4.58. The van der Waals surface area contributed by atoms with Crippen LogP contribution in [0, 0.1) is 5.92 Å². The zero-order valence-corrected chi connectivity index (χ0v) is 14.4. The Kier molecular flexibility index (Phi) is 4.08. The molecule has 6 heteroatoms. The quantitative estimate of drug-likeness (QED) is 0.854. The number of fused-ring (bicyclic) bond motifs is 1. The molecule has 2 aliphatic rings. The second-order valence-corrected chi connectivity index (χ2v) is 6.76. The predicted octanol–water partition coefficient (Wildman–Crippen LogP) is 3.44. The van der Waals surface area contributed by atoms with Crippen LogP contribution in [0.3, 0.4) is 0 Å². The van der Waals surface area contributed by atoms with Gasteiger partial charge in [-0.3, -0.25) is 0 Å². The molecule has 2 fully saturated rings. The van der Waals surface area contributed by atoms with Crippen molar-refractivity contribution >= 4 is 17.7 Å². The minimum absolute atomic E-state index is 0.197. The van der Waals surface area contributed by atoms with Gasteiger partial charge in [0.25, 0.3) is 0 Å². The van der Waals surface area contributed by atoms with E-state index in [0.717, 1.165) is 31.2 Å². The van der Waals surface area contributed by atoms with Crippen LogP contribution in [0.4, 0.5) is 4.79 Å². The molecule has 1 aromatic rings. The Hall–Kier alpha value is -1.62. The number of hydrogen-bond acceptors (Lipinski definition) is 4. The van der Waals surface area contributed by atoms with Gasteiger partial charge in [0.1, 0.15) is 0 Å². The van der Waals surface area contributed by atoms with Gasteiger partial charge in [-0.2, -0.15) is 0 Å². The third-order valence-corrected chi connectivity index (χ3v) is 6.09. The van der Waals surface area contributed by atoms with Crippen molar-refractivity contribution in [2.75, 3.05) is 21.3 Å². The van der Waals surface area contributed by atoms with Gasteiger partial charge in [-0.05, 0) is 30.5 Å². The average Bonchev–Trinajstić information content (AvgIpc) is 3.13. The third kappa shape index (κ3) is 2.24. The fourth-order valence-electron chi connectivity index (χ4n) is 4.12. The largest absolute Gasteiger partial charge is 0.493 e. The maximum absolute atomic E-state index is 11.8. The van der Waals surface area contributed by atoms with Gasteiger partial charge in [0, 0.05) is 5.92 Å². The first-order valence-corrected chi connectivity index (χ1v) is 8.19. The summed E-state index contributed by atoms with van der Waals surface area (Å²) >= 11 is 7.06. The molecule has 1 N–H and O–H groups in total. The van der Waals surface area contributed by atoms with Crippen molar-refractivity contribution in [2.24, 2.45) is 5.92 Å². The lowest BCUT2D eigenvalue weighted by molar-refractivity contribution is 0.160. The SMILES string of the molecule is COC(=O)NC12CCCCC1C2(Cl)c1ccc(OC)c(OC)c1. The third-order valence-electron chi connectivity index (χ3n) is 5.27. The van der Waals surface area contributed by atoms with E-state index in [0.29, 0.717) is 11.5 Å². The van der Waals surface area contributed by atoms with Gasteiger partial charge in [0.05, 0.1) is 31.7 Å². The molecule has 1 amide bonds. The normalized spacial score (nSPS) is 31.7. The van der Waals surface area contributed by atoms with Gasteiger partial charge in [0.15, 0.2) is 11.5 Å². The molecule has 3 atom stereocenters. The Morgan fingerprint density at radius 1 is 1.22 bits per heavy atom. The summed E-state index contributed by atoms with van der Waals surface area (Å²) in [6, 6.07) is 5.71. The Morgan fingerprint density at radius 2 is 1.96 bits per heavy atom. The molecule has 2 saturated carbocycles. The molecular formula is C17H22ClNO4. The Labute approximate surface area is 141 Å². The standard InChI is InChI=1S/C17H22ClNO4/c1-21-12-8-7-11(10-13(12)22-2)17(18)14-6-4-5-9-16(14,17)19-15(20)23-3/h7-8,10,14H,4-6,9H2,1-3H3,(H,19,20). The summed E-state index contributed by atoms with van der Waals surface area (Å²) in [6.07, 6.45) is 3.58. The highest BCUT2D eigenvalue weighted by molar-refractivity contribution is 6.28. The molecule has 3 rings (SSSR count). The summed E-state index contributed by atoms with van der Waals surface area (Å²) in [5.74, 6) is 1.50. The van der Waals surface area contributed by atoms with Gasteiger partial charge in [-0.25, -0.2) is 4.79 Å². The number of carbonyl (C=O) groups excluding carboxylic acids is 1. The lowest BCUT2D eigenvalue weighted by Gasteiger charge is -2.24. The lowest BCUT2D eigenvalue weighted by Crippen LogP contribution is -2.43. The zero-order valence-electron chi connectivity index (χ0n) is 13.6. The van der Waals surface area contributed by atoms with Crippen LogP contribution in [0.15, 0.2) is 18.2 Å². The van der Waals surface area contributed by atoms with Gasteiger partial charge in [-0.1, -0.05) is 18.9 Å². The van der Waals surface area contributed by atoms with E-state index in [2.05, 4.69) is 5.32 Å². The van der Waals surface area contributed by atoms with Crippen molar-refractivity contribution in [3.05, 3.63) is 23.8 Å². The number of ether oxygens (including phenoxy) is 3. The van der Waals surface area contributed by atoms with Crippen molar-refractivity contribution in [3.63, 3.8) is 0 Å². The van der Waals surface area contributed by atoms with Crippen molar-refractivity contribution in [1.82, 2.24) is 5.32 Å². The van der Waals surface area contributed by atoms with Crippen LogP contribution >= 0.6 is 11.6 Å². The van der Waals surface area contributed by atoms with Crippen LogP contribution in [0.25, 0.3) is 0 Å². The summed E-state index contributed by atoms with van der Waals surface area (Å²) in [5, 5.41) is 3.01. The number of hydrogen-bond donors (Lipinski definition) is 1. The number of alkyl carbamates (subject to hydrolysis) is 1. The van der Waals surface area contributed by atoms with Crippen LogP contribution in [0.1, 0.15) is 31.2 Å². The van der Waals surface area contributed by atoms with Crippen molar-refractivity contribution in [2.45, 2.75) is 36.1 Å². The topological polar surface area (TPSA) is 56.8 Å². The zero-order chi connectivity index (χ0) is 16.7. The van der Waals surface area contributed by atoms with E-state index in [-0.39, 0.29) is 5.92 Å². The first-order valence-electron chi connectivity index (χ1n) is 7.81. The van der Waals surface area contributed by atoms with Crippen LogP contribution in [-0.2, 0) is 9.61 Å². The number of carbonyl (C=O) groups is 1. The van der Waals surface area contributed by atoms with Gasteiger partial charge in [-0.15, -0.1) is 11.6 Å². The van der Waals surface area contributed by atoms with Crippen LogP contribution in [0.2, 0.25) is 0 Å². The van der Waals surface area contributed by atoms with Crippen molar-refractivity contribution < 1.29 is 19.0 Å². The van der Waals surface area contributed by atoms with E-state index in [1.807, 2.05) is 18.2 Å². The fraction of sp³-hybridized carbons (Fsp3) is 0.588. The van der Waals surface area contributed by atoms with Gasteiger partial charge < -0.3 is 19.5 Å². The number of nitrogens with one attached hydrogen (secondary N) is 1. The Balaban J connectivity index is 1.99. The summed E-state index contributed by atoms with van der Waals surface area (Å²) in [4.78, 5) is 11.2.